The smallest absolute Gasteiger partial charge is 0.410 e. The van der Waals surface area contributed by atoms with E-state index in [2.05, 4.69) is 28.8 Å². The fourth-order valence-corrected chi connectivity index (χ4v) is 5.95. The Morgan fingerprint density at radius 3 is 2.56 bits per heavy atom. The maximum absolute atomic E-state index is 13.3. The van der Waals surface area contributed by atoms with Crippen LogP contribution in [0.3, 0.4) is 0 Å². The van der Waals surface area contributed by atoms with Crippen molar-refractivity contribution in [3.05, 3.63) is 93.5 Å². The zero-order valence-corrected chi connectivity index (χ0v) is 25.6. The van der Waals surface area contributed by atoms with Crippen molar-refractivity contribution in [2.75, 3.05) is 13.1 Å². The van der Waals surface area contributed by atoms with Gasteiger partial charge < -0.3 is 20.1 Å². The number of benzene rings is 3. The van der Waals surface area contributed by atoms with Crippen molar-refractivity contribution in [1.82, 2.24) is 15.5 Å². The number of likely N-dealkylation sites (tertiary alicyclic amines) is 1. The molecule has 8 nitrogen and oxygen atoms in total. The zero-order valence-electron chi connectivity index (χ0n) is 24.9. The quantitative estimate of drug-likeness (QED) is 0.243. The van der Waals surface area contributed by atoms with E-state index in [4.69, 9.17) is 21.1 Å². The van der Waals surface area contributed by atoms with E-state index in [1.165, 1.54) is 27.2 Å². The molecule has 43 heavy (non-hydrogen) atoms. The highest BCUT2D eigenvalue weighted by Crippen LogP contribution is 2.38. The van der Waals surface area contributed by atoms with Crippen LogP contribution in [0.1, 0.15) is 61.4 Å². The molecule has 0 spiro atoms. The predicted molar refractivity (Wildman–Crippen MR) is 166 cm³/mol. The normalized spacial score (nSPS) is 15.4. The van der Waals surface area contributed by atoms with Gasteiger partial charge in [0.25, 0.3) is 0 Å². The van der Waals surface area contributed by atoms with Gasteiger partial charge in [-0.2, -0.15) is 0 Å². The van der Waals surface area contributed by atoms with Crippen LogP contribution in [0.5, 0.6) is 0 Å². The minimum absolute atomic E-state index is 0.157. The Kier molecular flexibility index (Phi) is 9.25. The first kappa shape index (κ1) is 30.4. The van der Waals surface area contributed by atoms with E-state index < -0.39 is 23.8 Å². The molecule has 1 heterocycles. The molecule has 0 radical (unpaired) electrons. The molecule has 1 atom stereocenters. The van der Waals surface area contributed by atoms with E-state index in [-0.39, 0.29) is 19.1 Å². The Hall–Kier alpha value is -4.04. The summed E-state index contributed by atoms with van der Waals surface area (Å²) >= 11 is 6.26. The molecule has 0 saturated carbocycles. The van der Waals surface area contributed by atoms with Crippen LogP contribution in [0, 0.1) is 0 Å². The SMILES string of the molecule is CC(C)(C)OC(=O)NCCc1ccc(Cl)cc1CNC(=O)[C@@H]1CCCN1C(=O)OCc1cccc2c1Cc1ccccc1-2. The highest BCUT2D eigenvalue weighted by Gasteiger charge is 2.35. The number of amides is 3. The second kappa shape index (κ2) is 13.1. The highest BCUT2D eigenvalue weighted by atomic mass is 35.5. The van der Waals surface area contributed by atoms with Gasteiger partial charge >= 0.3 is 12.2 Å². The Balaban J connectivity index is 1.15. The third-order valence-electron chi connectivity index (χ3n) is 7.77. The fraction of sp³-hybridized carbons (Fsp3) is 0.382. The Morgan fingerprint density at radius 1 is 0.953 bits per heavy atom. The van der Waals surface area contributed by atoms with Crippen LogP contribution in [0.4, 0.5) is 9.59 Å². The van der Waals surface area contributed by atoms with Crippen molar-refractivity contribution < 1.29 is 23.9 Å². The Labute approximate surface area is 257 Å². The molecular weight excluding hydrogens is 566 g/mol. The number of nitrogens with one attached hydrogen (secondary N) is 2. The van der Waals surface area contributed by atoms with Gasteiger partial charge in [-0.3, -0.25) is 9.69 Å². The second-order valence-electron chi connectivity index (χ2n) is 12.0. The molecule has 0 unspecified atom stereocenters. The van der Waals surface area contributed by atoms with Crippen LogP contribution in [0.2, 0.25) is 5.02 Å². The van der Waals surface area contributed by atoms with Gasteiger partial charge in [-0.15, -0.1) is 0 Å². The van der Waals surface area contributed by atoms with E-state index in [0.717, 1.165) is 29.5 Å². The molecule has 226 valence electrons. The van der Waals surface area contributed by atoms with Gasteiger partial charge in [0.15, 0.2) is 0 Å². The van der Waals surface area contributed by atoms with Crippen molar-refractivity contribution in [3.63, 3.8) is 0 Å². The van der Waals surface area contributed by atoms with E-state index in [9.17, 15) is 14.4 Å². The van der Waals surface area contributed by atoms with E-state index >= 15 is 0 Å². The molecule has 5 rings (SSSR count). The number of alkyl carbamates (subject to hydrolysis) is 1. The van der Waals surface area contributed by atoms with E-state index in [0.29, 0.717) is 31.0 Å². The number of halogens is 1. The number of nitrogens with zero attached hydrogens (tertiary/aromatic N) is 1. The average molecular weight is 604 g/mol. The standard InChI is InChI=1S/C34H38ClN3O5/c1-34(2,3)43-32(40)36-16-15-22-13-14-26(35)18-25(22)20-37-31(39)30-12-7-17-38(30)33(41)42-21-24-9-6-11-28-27-10-5-4-8-23(27)19-29(24)28/h4-6,8-11,13-14,18,30H,7,12,15-17,19-21H2,1-3H3,(H,36,40)(H,37,39)/t30-/m0/s1. The molecule has 1 fully saturated rings. The van der Waals surface area contributed by atoms with Gasteiger partial charge in [-0.1, -0.05) is 60.1 Å². The number of rotatable bonds is 8. The average Bonchev–Trinajstić information content (AvgIpc) is 3.60. The number of carbonyl (C=O) groups is 3. The lowest BCUT2D eigenvalue weighted by Crippen LogP contribution is -2.46. The van der Waals surface area contributed by atoms with Crippen molar-refractivity contribution in [3.8, 4) is 11.1 Å². The van der Waals surface area contributed by atoms with Crippen LogP contribution < -0.4 is 10.6 Å². The van der Waals surface area contributed by atoms with Crippen molar-refractivity contribution >= 4 is 29.7 Å². The minimum Gasteiger partial charge on any atom is -0.445 e. The van der Waals surface area contributed by atoms with Crippen LogP contribution in [-0.4, -0.2) is 47.7 Å². The van der Waals surface area contributed by atoms with Gasteiger partial charge in [0.2, 0.25) is 5.91 Å². The van der Waals surface area contributed by atoms with Crippen LogP contribution >= 0.6 is 11.6 Å². The zero-order chi connectivity index (χ0) is 30.6. The second-order valence-corrected chi connectivity index (χ2v) is 12.4. The number of ether oxygens (including phenoxy) is 2. The van der Waals surface area contributed by atoms with Crippen molar-refractivity contribution in [2.45, 2.75) is 71.2 Å². The summed E-state index contributed by atoms with van der Waals surface area (Å²) in [5.41, 5.74) is 7.07. The van der Waals surface area contributed by atoms with Gasteiger partial charge in [-0.05, 0) is 97.5 Å². The third kappa shape index (κ3) is 7.49. The minimum atomic E-state index is -0.602. The lowest BCUT2D eigenvalue weighted by molar-refractivity contribution is -0.125. The van der Waals surface area contributed by atoms with E-state index in [1.54, 1.807) is 6.07 Å². The number of fused-ring (bicyclic) bond motifs is 3. The van der Waals surface area contributed by atoms with Crippen molar-refractivity contribution in [2.24, 2.45) is 0 Å². The molecule has 2 aliphatic rings. The predicted octanol–water partition coefficient (Wildman–Crippen LogP) is 6.40. The number of hydrogen-bond donors (Lipinski definition) is 2. The summed E-state index contributed by atoms with van der Waals surface area (Å²) in [7, 11) is 0. The molecule has 9 heteroatoms. The van der Waals surface area contributed by atoms with Crippen LogP contribution in [0.15, 0.2) is 60.7 Å². The summed E-state index contributed by atoms with van der Waals surface area (Å²) in [4.78, 5) is 39.9. The molecule has 2 N–H and O–H groups in total. The van der Waals surface area contributed by atoms with Gasteiger partial charge in [0.1, 0.15) is 18.2 Å². The van der Waals surface area contributed by atoms with Gasteiger partial charge in [0.05, 0.1) is 0 Å². The summed E-state index contributed by atoms with van der Waals surface area (Å²) in [6, 6.07) is 19.3. The first-order valence-electron chi connectivity index (χ1n) is 14.7. The molecule has 3 amide bonds. The fourth-order valence-electron chi connectivity index (χ4n) is 5.76. The van der Waals surface area contributed by atoms with Crippen LogP contribution in [-0.2, 0) is 40.3 Å². The maximum Gasteiger partial charge on any atom is 0.410 e. The number of hydrogen-bond acceptors (Lipinski definition) is 5. The maximum atomic E-state index is 13.3. The summed E-state index contributed by atoms with van der Waals surface area (Å²) < 4.78 is 11.0. The van der Waals surface area contributed by atoms with E-state index in [1.807, 2.05) is 57.2 Å². The Bertz CT molecular complexity index is 1520. The molecule has 3 aromatic rings. The van der Waals surface area contributed by atoms with Gasteiger partial charge in [-0.25, -0.2) is 9.59 Å². The topological polar surface area (TPSA) is 97.0 Å². The molecule has 1 aliphatic carbocycles. The molecule has 0 aromatic heterocycles. The molecular formula is C34H38ClN3O5. The van der Waals surface area contributed by atoms with Gasteiger partial charge in [0, 0.05) is 24.7 Å². The number of carbonyl (C=O) groups excluding carboxylic acids is 3. The lowest BCUT2D eigenvalue weighted by atomic mass is 10.0. The molecule has 0 bridgehead atoms. The highest BCUT2D eigenvalue weighted by molar-refractivity contribution is 6.30. The van der Waals surface area contributed by atoms with Crippen LogP contribution in [0.25, 0.3) is 11.1 Å². The third-order valence-corrected chi connectivity index (χ3v) is 8.01. The first-order chi connectivity index (χ1) is 20.6. The molecule has 3 aromatic carbocycles. The van der Waals surface area contributed by atoms with Crippen molar-refractivity contribution in [1.29, 1.82) is 0 Å². The molecule has 1 aliphatic heterocycles. The first-order valence-corrected chi connectivity index (χ1v) is 15.1. The largest absolute Gasteiger partial charge is 0.445 e. The lowest BCUT2D eigenvalue weighted by Gasteiger charge is -2.24. The monoisotopic (exact) mass is 603 g/mol. The molecule has 1 saturated heterocycles. The summed E-state index contributed by atoms with van der Waals surface area (Å²) in [5, 5.41) is 6.29. The Morgan fingerprint density at radius 2 is 1.74 bits per heavy atom. The summed E-state index contributed by atoms with van der Waals surface area (Å²) in [5.74, 6) is -0.233. The summed E-state index contributed by atoms with van der Waals surface area (Å²) in [6.07, 6.45) is 1.68. The summed E-state index contributed by atoms with van der Waals surface area (Å²) in [6.45, 7) is 6.68.